The van der Waals surface area contributed by atoms with Gasteiger partial charge in [-0.05, 0) is 37.3 Å². The standard InChI is InChI=1S/C28H27N9/c1-16-14-37(15-31-16)27-20-11-24(33-22(20)8-9-30-27)26-25-23(35-36-26)7-6-21(34-25)18-10-19(13-29-12-18)32-17(2)28(3,4)5/h6-15,32-33H,2H2,1,3-5H3,(H,35,36). The van der Waals surface area contributed by atoms with Gasteiger partial charge in [0.15, 0.2) is 0 Å². The molecule has 0 fully saturated rings. The number of imidazole rings is 1. The third-order valence-corrected chi connectivity index (χ3v) is 6.38. The van der Waals surface area contributed by atoms with Crippen molar-refractivity contribution in [2.24, 2.45) is 5.41 Å². The molecule has 184 valence electrons. The molecule has 6 rings (SSSR count). The van der Waals surface area contributed by atoms with E-state index >= 15 is 0 Å². The minimum atomic E-state index is -0.0650. The van der Waals surface area contributed by atoms with Crippen molar-refractivity contribution >= 4 is 27.6 Å². The lowest BCUT2D eigenvalue weighted by molar-refractivity contribution is 0.509. The van der Waals surface area contributed by atoms with E-state index in [0.29, 0.717) is 0 Å². The van der Waals surface area contributed by atoms with Crippen LogP contribution < -0.4 is 5.32 Å². The van der Waals surface area contributed by atoms with Crippen LogP contribution in [0.25, 0.3) is 50.4 Å². The van der Waals surface area contributed by atoms with Gasteiger partial charge < -0.3 is 10.3 Å². The van der Waals surface area contributed by atoms with E-state index in [1.54, 1.807) is 18.7 Å². The lowest BCUT2D eigenvalue weighted by Crippen LogP contribution is -2.15. The van der Waals surface area contributed by atoms with Crippen molar-refractivity contribution in [3.8, 4) is 28.5 Å². The van der Waals surface area contributed by atoms with Gasteiger partial charge in [0.2, 0.25) is 0 Å². The van der Waals surface area contributed by atoms with Gasteiger partial charge >= 0.3 is 0 Å². The summed E-state index contributed by atoms with van der Waals surface area (Å²) < 4.78 is 1.93. The van der Waals surface area contributed by atoms with E-state index in [2.05, 4.69) is 68.9 Å². The second-order valence-electron chi connectivity index (χ2n) is 10.2. The van der Waals surface area contributed by atoms with Crippen molar-refractivity contribution < 1.29 is 0 Å². The molecule has 0 saturated heterocycles. The van der Waals surface area contributed by atoms with E-state index in [1.807, 2.05) is 48.1 Å². The first-order chi connectivity index (χ1) is 17.8. The van der Waals surface area contributed by atoms with Gasteiger partial charge in [-0.3, -0.25) is 14.6 Å². The van der Waals surface area contributed by atoms with Gasteiger partial charge in [-0.25, -0.2) is 15.0 Å². The highest BCUT2D eigenvalue weighted by atomic mass is 15.1. The maximum atomic E-state index is 4.97. The van der Waals surface area contributed by atoms with E-state index in [4.69, 9.17) is 4.98 Å². The molecule has 0 aliphatic carbocycles. The number of hydrogen-bond acceptors (Lipinski definition) is 6. The number of fused-ring (bicyclic) bond motifs is 2. The van der Waals surface area contributed by atoms with Crippen molar-refractivity contribution in [3.05, 3.63) is 79.4 Å². The molecule has 37 heavy (non-hydrogen) atoms. The Morgan fingerprint density at radius 2 is 1.92 bits per heavy atom. The fraction of sp³-hybridized carbons (Fsp3) is 0.179. The number of H-pyrrole nitrogens is 2. The number of nitrogens with zero attached hydrogens (tertiary/aromatic N) is 6. The van der Waals surface area contributed by atoms with Crippen molar-refractivity contribution in [1.29, 1.82) is 0 Å². The average molecular weight is 490 g/mol. The second-order valence-corrected chi connectivity index (χ2v) is 10.2. The summed E-state index contributed by atoms with van der Waals surface area (Å²) in [7, 11) is 0. The number of anilines is 1. The first kappa shape index (κ1) is 22.7. The molecular weight excluding hydrogens is 462 g/mol. The molecule has 0 unspecified atom stereocenters. The maximum absolute atomic E-state index is 4.97. The molecule has 3 N–H and O–H groups in total. The fourth-order valence-electron chi connectivity index (χ4n) is 4.17. The zero-order chi connectivity index (χ0) is 25.7. The molecule has 6 heterocycles. The molecule has 0 saturated carbocycles. The van der Waals surface area contributed by atoms with E-state index in [9.17, 15) is 0 Å². The summed E-state index contributed by atoms with van der Waals surface area (Å²) in [5, 5.41) is 12.1. The van der Waals surface area contributed by atoms with Crippen LogP contribution in [0.1, 0.15) is 26.5 Å². The van der Waals surface area contributed by atoms with Gasteiger partial charge in [0.1, 0.15) is 23.4 Å². The molecule has 0 atom stereocenters. The zero-order valence-electron chi connectivity index (χ0n) is 21.2. The number of aryl methyl sites for hydroxylation is 1. The molecule has 0 amide bonds. The third kappa shape index (κ3) is 4.14. The molecule has 0 aliphatic heterocycles. The molecule has 6 aromatic rings. The largest absolute Gasteiger partial charge is 0.358 e. The minimum Gasteiger partial charge on any atom is -0.358 e. The Morgan fingerprint density at radius 1 is 1.05 bits per heavy atom. The monoisotopic (exact) mass is 489 g/mol. The molecule has 9 heteroatoms. The maximum Gasteiger partial charge on any atom is 0.147 e. The van der Waals surface area contributed by atoms with Crippen LogP contribution in [0.4, 0.5) is 5.69 Å². The van der Waals surface area contributed by atoms with Gasteiger partial charge in [0.25, 0.3) is 0 Å². The summed E-state index contributed by atoms with van der Waals surface area (Å²) in [6, 6.07) is 10.0. The van der Waals surface area contributed by atoms with E-state index in [1.165, 1.54) is 0 Å². The van der Waals surface area contributed by atoms with Crippen LogP contribution in [0.5, 0.6) is 0 Å². The smallest absolute Gasteiger partial charge is 0.147 e. The molecule has 6 aromatic heterocycles. The van der Waals surface area contributed by atoms with Gasteiger partial charge in [-0.15, -0.1) is 0 Å². The van der Waals surface area contributed by atoms with Crippen molar-refractivity contribution in [3.63, 3.8) is 0 Å². The molecule has 0 aliphatic rings. The van der Waals surface area contributed by atoms with Crippen LogP contribution in [0, 0.1) is 12.3 Å². The van der Waals surface area contributed by atoms with Crippen LogP contribution in [-0.2, 0) is 0 Å². The summed E-state index contributed by atoms with van der Waals surface area (Å²) >= 11 is 0. The number of nitrogens with one attached hydrogen (secondary N) is 3. The number of aromatic nitrogens is 8. The van der Waals surface area contributed by atoms with E-state index in [0.717, 1.165) is 67.5 Å². The average Bonchev–Trinajstić information content (AvgIpc) is 3.60. The predicted octanol–water partition coefficient (Wildman–Crippen LogP) is 6.03. The van der Waals surface area contributed by atoms with Gasteiger partial charge in [0.05, 0.1) is 40.0 Å². The van der Waals surface area contributed by atoms with Crippen LogP contribution in [0.2, 0.25) is 0 Å². The fourth-order valence-corrected chi connectivity index (χ4v) is 4.17. The molecule has 0 radical (unpaired) electrons. The van der Waals surface area contributed by atoms with Gasteiger partial charge in [-0.2, -0.15) is 5.10 Å². The van der Waals surface area contributed by atoms with Crippen molar-refractivity contribution in [1.82, 2.24) is 39.7 Å². The van der Waals surface area contributed by atoms with Crippen molar-refractivity contribution in [2.45, 2.75) is 27.7 Å². The molecule has 9 nitrogen and oxygen atoms in total. The highest BCUT2D eigenvalue weighted by Gasteiger charge is 2.17. The van der Waals surface area contributed by atoms with Crippen LogP contribution in [-0.4, -0.2) is 39.7 Å². The first-order valence-electron chi connectivity index (χ1n) is 12.0. The van der Waals surface area contributed by atoms with Crippen LogP contribution in [0.3, 0.4) is 0 Å². The Morgan fingerprint density at radius 3 is 2.70 bits per heavy atom. The predicted molar refractivity (Wildman–Crippen MR) is 146 cm³/mol. The topological polar surface area (TPSA) is 113 Å². The number of rotatable bonds is 5. The molecule has 0 aromatic carbocycles. The number of allylic oxidation sites excluding steroid dienone is 1. The number of hydrogen-bond donors (Lipinski definition) is 3. The van der Waals surface area contributed by atoms with Gasteiger partial charge in [-0.1, -0.05) is 27.4 Å². The summed E-state index contributed by atoms with van der Waals surface area (Å²) in [6.45, 7) is 12.5. The number of pyridine rings is 3. The Balaban J connectivity index is 1.40. The quantitative estimate of drug-likeness (QED) is 0.273. The zero-order valence-corrected chi connectivity index (χ0v) is 21.2. The molecular formula is C28H27N9. The summed E-state index contributed by atoms with van der Waals surface area (Å²) in [6.07, 6.45) is 9.12. The number of aromatic amines is 2. The SMILES string of the molecule is C=C(Nc1cncc(-c2ccc3[nH]nc(-c4cc5c(-n6cnc(C)c6)nccc5[nH]4)c3n2)c1)C(C)(C)C. The van der Waals surface area contributed by atoms with E-state index in [-0.39, 0.29) is 5.41 Å². The summed E-state index contributed by atoms with van der Waals surface area (Å²) in [5.41, 5.74) is 8.55. The Hall–Kier alpha value is -4.79. The molecule has 0 spiro atoms. The summed E-state index contributed by atoms with van der Waals surface area (Å²) in [4.78, 5) is 21.8. The second kappa shape index (κ2) is 8.41. The lowest BCUT2D eigenvalue weighted by atomic mass is 9.93. The molecule has 0 bridgehead atoms. The third-order valence-electron chi connectivity index (χ3n) is 6.38. The van der Waals surface area contributed by atoms with Crippen molar-refractivity contribution in [2.75, 3.05) is 5.32 Å². The highest BCUT2D eigenvalue weighted by molar-refractivity contribution is 5.96. The lowest BCUT2D eigenvalue weighted by Gasteiger charge is -2.23. The highest BCUT2D eigenvalue weighted by Crippen LogP contribution is 2.32. The first-order valence-corrected chi connectivity index (χ1v) is 12.0. The van der Waals surface area contributed by atoms with Crippen LogP contribution in [0.15, 0.2) is 73.7 Å². The minimum absolute atomic E-state index is 0.0650. The van der Waals surface area contributed by atoms with Crippen LogP contribution >= 0.6 is 0 Å². The summed E-state index contributed by atoms with van der Waals surface area (Å²) in [5.74, 6) is 0.807. The normalized spacial score (nSPS) is 11.9. The Kier molecular flexibility index (Phi) is 5.15. The van der Waals surface area contributed by atoms with E-state index < -0.39 is 0 Å². The Labute approximate surface area is 213 Å². The Bertz CT molecular complexity index is 1780. The van der Waals surface area contributed by atoms with Gasteiger partial charge in [0, 0.05) is 40.7 Å².